The number of rotatable bonds is 4. The molecular weight excluding hydrogens is 212 g/mol. The fourth-order valence-electron chi connectivity index (χ4n) is 2.54. The van der Waals surface area contributed by atoms with Gasteiger partial charge in [0.15, 0.2) is 0 Å². The van der Waals surface area contributed by atoms with E-state index in [-0.39, 0.29) is 0 Å². The highest BCUT2D eigenvalue weighted by Crippen LogP contribution is 2.25. The molecule has 1 saturated carbocycles. The molecular formula is C13H20N4. The predicted molar refractivity (Wildman–Crippen MR) is 68.2 cm³/mol. The van der Waals surface area contributed by atoms with Gasteiger partial charge in [-0.05, 0) is 38.7 Å². The maximum atomic E-state index is 4.54. The first-order chi connectivity index (χ1) is 8.33. The largest absolute Gasteiger partial charge is 0.352 e. The predicted octanol–water partition coefficient (Wildman–Crippen LogP) is 1.51. The summed E-state index contributed by atoms with van der Waals surface area (Å²) in [5, 5.41) is 3.63. The summed E-state index contributed by atoms with van der Waals surface area (Å²) >= 11 is 0. The number of nitrogens with zero attached hydrogens (tertiary/aromatic N) is 3. The Morgan fingerprint density at radius 2 is 2.29 bits per heavy atom. The van der Waals surface area contributed by atoms with Crippen LogP contribution in [0.1, 0.15) is 31.5 Å². The minimum absolute atomic E-state index is 0.616. The Labute approximate surface area is 102 Å². The standard InChI is InChI=1S/C13H20N4/c1-10-14-7-6-13(16-10)17-8-2-3-12(17)9-15-11-4-5-11/h6-7,11-12,15H,2-5,8-9H2,1H3. The van der Waals surface area contributed by atoms with E-state index in [1.807, 2.05) is 19.2 Å². The maximum absolute atomic E-state index is 4.54. The van der Waals surface area contributed by atoms with E-state index in [1.54, 1.807) is 0 Å². The summed E-state index contributed by atoms with van der Waals surface area (Å²) in [6.45, 7) is 4.19. The second kappa shape index (κ2) is 4.61. The van der Waals surface area contributed by atoms with Crippen LogP contribution in [0.25, 0.3) is 0 Å². The molecule has 2 fully saturated rings. The first-order valence-electron chi connectivity index (χ1n) is 6.62. The third-order valence-electron chi connectivity index (χ3n) is 3.65. The highest BCUT2D eigenvalue weighted by atomic mass is 15.2. The van der Waals surface area contributed by atoms with Gasteiger partial charge in [-0.3, -0.25) is 0 Å². The fourth-order valence-corrected chi connectivity index (χ4v) is 2.54. The molecule has 0 aromatic carbocycles. The lowest BCUT2D eigenvalue weighted by molar-refractivity contribution is 0.568. The van der Waals surface area contributed by atoms with Crippen LogP contribution in [0.3, 0.4) is 0 Å². The molecule has 4 nitrogen and oxygen atoms in total. The SMILES string of the molecule is Cc1nccc(N2CCCC2CNC2CC2)n1. The van der Waals surface area contributed by atoms with Gasteiger partial charge in [-0.25, -0.2) is 9.97 Å². The number of nitrogens with one attached hydrogen (secondary N) is 1. The van der Waals surface area contributed by atoms with E-state index in [2.05, 4.69) is 20.2 Å². The lowest BCUT2D eigenvalue weighted by atomic mass is 10.2. The van der Waals surface area contributed by atoms with Gasteiger partial charge in [-0.1, -0.05) is 0 Å². The van der Waals surface area contributed by atoms with Crippen molar-refractivity contribution in [3.05, 3.63) is 18.1 Å². The molecule has 17 heavy (non-hydrogen) atoms. The topological polar surface area (TPSA) is 41.1 Å². The van der Waals surface area contributed by atoms with Gasteiger partial charge >= 0.3 is 0 Å². The van der Waals surface area contributed by atoms with E-state index >= 15 is 0 Å². The third-order valence-corrected chi connectivity index (χ3v) is 3.65. The highest BCUT2D eigenvalue weighted by Gasteiger charge is 2.28. The summed E-state index contributed by atoms with van der Waals surface area (Å²) in [6.07, 6.45) is 7.14. The minimum atomic E-state index is 0.616. The summed E-state index contributed by atoms with van der Waals surface area (Å²) < 4.78 is 0. The van der Waals surface area contributed by atoms with Crippen LogP contribution in [0.4, 0.5) is 5.82 Å². The normalized spacial score (nSPS) is 24.3. The average molecular weight is 232 g/mol. The first kappa shape index (κ1) is 11.0. The van der Waals surface area contributed by atoms with Crippen molar-refractivity contribution in [2.75, 3.05) is 18.0 Å². The zero-order valence-corrected chi connectivity index (χ0v) is 10.4. The second-order valence-corrected chi connectivity index (χ2v) is 5.13. The zero-order chi connectivity index (χ0) is 11.7. The van der Waals surface area contributed by atoms with Crippen LogP contribution in [-0.4, -0.2) is 35.1 Å². The Balaban J connectivity index is 1.67. The smallest absolute Gasteiger partial charge is 0.132 e. The van der Waals surface area contributed by atoms with Crippen LogP contribution in [0.15, 0.2) is 12.3 Å². The van der Waals surface area contributed by atoms with Crippen molar-refractivity contribution < 1.29 is 0 Å². The number of aromatic nitrogens is 2. The quantitative estimate of drug-likeness (QED) is 0.854. The summed E-state index contributed by atoms with van der Waals surface area (Å²) in [4.78, 5) is 11.1. The minimum Gasteiger partial charge on any atom is -0.352 e. The molecule has 1 atom stereocenters. The molecule has 1 aliphatic heterocycles. The monoisotopic (exact) mass is 232 g/mol. The van der Waals surface area contributed by atoms with Crippen LogP contribution >= 0.6 is 0 Å². The molecule has 2 heterocycles. The van der Waals surface area contributed by atoms with Crippen LogP contribution in [0.5, 0.6) is 0 Å². The van der Waals surface area contributed by atoms with Crippen molar-refractivity contribution in [3.63, 3.8) is 0 Å². The third kappa shape index (κ3) is 2.57. The average Bonchev–Trinajstić information content (AvgIpc) is 3.04. The molecule has 1 aliphatic carbocycles. The van der Waals surface area contributed by atoms with Crippen molar-refractivity contribution in [2.24, 2.45) is 0 Å². The number of aryl methyl sites for hydroxylation is 1. The molecule has 3 rings (SSSR count). The summed E-state index contributed by atoms with van der Waals surface area (Å²) in [5.41, 5.74) is 0. The van der Waals surface area contributed by atoms with Crippen LogP contribution in [0.2, 0.25) is 0 Å². The molecule has 92 valence electrons. The summed E-state index contributed by atoms with van der Waals surface area (Å²) in [7, 11) is 0. The van der Waals surface area contributed by atoms with Crippen LogP contribution in [0, 0.1) is 6.92 Å². The van der Waals surface area contributed by atoms with Gasteiger partial charge in [0, 0.05) is 31.4 Å². The van der Waals surface area contributed by atoms with Gasteiger partial charge in [0.2, 0.25) is 0 Å². The molecule has 0 radical (unpaired) electrons. The molecule has 0 amide bonds. The van der Waals surface area contributed by atoms with Crippen molar-refractivity contribution >= 4 is 5.82 Å². The van der Waals surface area contributed by atoms with Crippen molar-refractivity contribution in [2.45, 2.75) is 44.7 Å². The first-order valence-corrected chi connectivity index (χ1v) is 6.62. The fraction of sp³-hybridized carbons (Fsp3) is 0.692. The van der Waals surface area contributed by atoms with Crippen LogP contribution < -0.4 is 10.2 Å². The van der Waals surface area contributed by atoms with E-state index < -0.39 is 0 Å². The summed E-state index contributed by atoms with van der Waals surface area (Å²) in [6, 6.07) is 3.44. The molecule has 0 spiro atoms. The molecule has 1 aromatic heterocycles. The summed E-state index contributed by atoms with van der Waals surface area (Å²) in [5.74, 6) is 1.96. The molecule has 0 bridgehead atoms. The number of hydrogen-bond donors (Lipinski definition) is 1. The van der Waals surface area contributed by atoms with Crippen molar-refractivity contribution in [3.8, 4) is 0 Å². The van der Waals surface area contributed by atoms with Crippen LogP contribution in [-0.2, 0) is 0 Å². The number of anilines is 1. The lowest BCUT2D eigenvalue weighted by Gasteiger charge is -2.26. The molecule has 1 saturated heterocycles. The van der Waals surface area contributed by atoms with E-state index in [4.69, 9.17) is 0 Å². The van der Waals surface area contributed by atoms with E-state index in [0.29, 0.717) is 6.04 Å². The van der Waals surface area contributed by atoms with Gasteiger partial charge < -0.3 is 10.2 Å². The molecule has 1 aromatic rings. The molecule has 2 aliphatic rings. The highest BCUT2D eigenvalue weighted by molar-refractivity contribution is 5.40. The Kier molecular flexibility index (Phi) is 2.97. The van der Waals surface area contributed by atoms with E-state index in [1.165, 1.54) is 25.7 Å². The van der Waals surface area contributed by atoms with Crippen molar-refractivity contribution in [1.29, 1.82) is 0 Å². The Bertz CT molecular complexity index is 389. The number of hydrogen-bond acceptors (Lipinski definition) is 4. The van der Waals surface area contributed by atoms with Crippen molar-refractivity contribution in [1.82, 2.24) is 15.3 Å². The van der Waals surface area contributed by atoms with Gasteiger partial charge in [0.25, 0.3) is 0 Å². The van der Waals surface area contributed by atoms with E-state index in [0.717, 1.165) is 30.8 Å². The van der Waals surface area contributed by atoms with Gasteiger partial charge in [-0.15, -0.1) is 0 Å². The maximum Gasteiger partial charge on any atom is 0.132 e. The van der Waals surface area contributed by atoms with E-state index in [9.17, 15) is 0 Å². The Morgan fingerprint density at radius 1 is 1.41 bits per heavy atom. The molecule has 4 heteroatoms. The second-order valence-electron chi connectivity index (χ2n) is 5.13. The zero-order valence-electron chi connectivity index (χ0n) is 10.4. The van der Waals surface area contributed by atoms with Gasteiger partial charge in [-0.2, -0.15) is 0 Å². The Hall–Kier alpha value is -1.16. The van der Waals surface area contributed by atoms with Gasteiger partial charge in [0.1, 0.15) is 11.6 Å². The van der Waals surface area contributed by atoms with Gasteiger partial charge in [0.05, 0.1) is 0 Å². The lowest BCUT2D eigenvalue weighted by Crippen LogP contribution is -2.39. The molecule has 1 unspecified atom stereocenters. The Morgan fingerprint density at radius 3 is 3.06 bits per heavy atom. The molecule has 1 N–H and O–H groups in total.